The molecule has 0 aromatic heterocycles. The van der Waals surface area contributed by atoms with Crippen LogP contribution in [-0.4, -0.2) is 24.3 Å². The number of ether oxygens (including phenoxy) is 1. The molecule has 1 N–H and O–H groups in total. The third-order valence-corrected chi connectivity index (χ3v) is 5.04. The Hall–Kier alpha value is -2.95. The summed E-state index contributed by atoms with van der Waals surface area (Å²) in [4.78, 5) is 36.3. The molecule has 0 radical (unpaired) electrons. The van der Waals surface area contributed by atoms with Crippen molar-refractivity contribution in [2.45, 2.75) is 38.0 Å². The minimum atomic E-state index is -0.642. The van der Waals surface area contributed by atoms with Crippen LogP contribution in [0.2, 0.25) is 0 Å². The normalized spacial score (nSPS) is 15.1. The Balaban J connectivity index is 1.65. The second-order valence-electron chi connectivity index (χ2n) is 6.91. The number of hydrogen-bond donors (Lipinski definition) is 1. The van der Waals surface area contributed by atoms with Gasteiger partial charge in [0.25, 0.3) is 0 Å². The van der Waals surface area contributed by atoms with Gasteiger partial charge in [-0.15, -0.1) is 0 Å². The monoisotopic (exact) mass is 365 g/mol. The molecular formula is C22H23NO4. The van der Waals surface area contributed by atoms with E-state index in [2.05, 4.69) is 5.32 Å². The minimum absolute atomic E-state index is 0.175. The molecule has 27 heavy (non-hydrogen) atoms. The van der Waals surface area contributed by atoms with Crippen molar-refractivity contribution in [2.75, 3.05) is 11.9 Å². The number of amides is 1. The first-order valence-electron chi connectivity index (χ1n) is 9.15. The largest absolute Gasteiger partial charge is 0.457 e. The maximum atomic E-state index is 12.9. The fourth-order valence-corrected chi connectivity index (χ4v) is 3.64. The van der Waals surface area contributed by atoms with E-state index in [4.69, 9.17) is 4.74 Å². The van der Waals surface area contributed by atoms with Crippen LogP contribution in [0.4, 0.5) is 5.69 Å². The van der Waals surface area contributed by atoms with Crippen molar-refractivity contribution in [3.8, 4) is 0 Å². The van der Waals surface area contributed by atoms with Crippen LogP contribution in [0.3, 0.4) is 0 Å². The Morgan fingerprint density at radius 1 is 0.963 bits per heavy atom. The van der Waals surface area contributed by atoms with Gasteiger partial charge in [0, 0.05) is 18.2 Å². The molecule has 0 heterocycles. The van der Waals surface area contributed by atoms with E-state index in [0.717, 1.165) is 31.2 Å². The molecule has 0 saturated heterocycles. The standard InChI is InChI=1S/C22H23NO4/c1-16(24)23-19-11-9-17(10-12-19)20(25)15-27-21(26)22(13-5-6-14-22)18-7-3-2-4-8-18/h2-4,7-12H,5-6,13-15H2,1H3,(H,23,24). The van der Waals surface area contributed by atoms with Crippen LogP contribution in [0, 0.1) is 0 Å². The number of hydrogen-bond acceptors (Lipinski definition) is 4. The van der Waals surface area contributed by atoms with Crippen LogP contribution in [0.5, 0.6) is 0 Å². The number of esters is 1. The van der Waals surface area contributed by atoms with Gasteiger partial charge in [-0.1, -0.05) is 43.2 Å². The molecule has 5 heteroatoms. The molecule has 140 valence electrons. The highest BCUT2D eigenvalue weighted by Gasteiger charge is 2.44. The lowest BCUT2D eigenvalue weighted by Gasteiger charge is -2.27. The average molecular weight is 365 g/mol. The fraction of sp³-hybridized carbons (Fsp3) is 0.318. The number of carbonyl (C=O) groups is 3. The van der Waals surface area contributed by atoms with Crippen molar-refractivity contribution < 1.29 is 19.1 Å². The maximum absolute atomic E-state index is 12.9. The lowest BCUT2D eigenvalue weighted by atomic mass is 9.79. The first-order chi connectivity index (χ1) is 13.0. The summed E-state index contributed by atoms with van der Waals surface area (Å²) in [5.41, 5.74) is 1.37. The predicted molar refractivity (Wildman–Crippen MR) is 103 cm³/mol. The van der Waals surface area contributed by atoms with E-state index in [0.29, 0.717) is 11.3 Å². The van der Waals surface area contributed by atoms with Gasteiger partial charge in [-0.25, -0.2) is 0 Å². The number of carbonyl (C=O) groups excluding carboxylic acids is 3. The third kappa shape index (κ3) is 4.25. The van der Waals surface area contributed by atoms with Gasteiger partial charge in [-0.2, -0.15) is 0 Å². The molecule has 2 aromatic carbocycles. The van der Waals surface area contributed by atoms with Crippen LogP contribution in [0.1, 0.15) is 48.5 Å². The van der Waals surface area contributed by atoms with E-state index >= 15 is 0 Å². The van der Waals surface area contributed by atoms with Gasteiger partial charge in [0.05, 0.1) is 5.41 Å². The third-order valence-electron chi connectivity index (χ3n) is 5.04. The number of ketones is 1. The molecule has 2 aromatic rings. The molecule has 3 rings (SSSR count). The first-order valence-corrected chi connectivity index (χ1v) is 9.15. The summed E-state index contributed by atoms with van der Waals surface area (Å²) in [7, 11) is 0. The molecule has 1 saturated carbocycles. The van der Waals surface area contributed by atoms with Crippen molar-refractivity contribution in [3.05, 3.63) is 65.7 Å². The summed E-state index contributed by atoms with van der Waals surface area (Å²) >= 11 is 0. The van der Waals surface area contributed by atoms with Gasteiger partial charge >= 0.3 is 5.97 Å². The minimum Gasteiger partial charge on any atom is -0.457 e. The van der Waals surface area contributed by atoms with Crippen LogP contribution in [0.15, 0.2) is 54.6 Å². The Bertz CT molecular complexity index is 821. The molecule has 5 nitrogen and oxygen atoms in total. The van der Waals surface area contributed by atoms with E-state index in [-0.39, 0.29) is 24.3 Å². The summed E-state index contributed by atoms with van der Waals surface area (Å²) in [6.07, 6.45) is 3.44. The number of anilines is 1. The van der Waals surface area contributed by atoms with Gasteiger partial charge in [0.1, 0.15) is 0 Å². The summed E-state index contributed by atoms with van der Waals surface area (Å²) in [6, 6.07) is 16.2. The lowest BCUT2D eigenvalue weighted by molar-refractivity contribution is -0.149. The van der Waals surface area contributed by atoms with Gasteiger partial charge in [-0.05, 0) is 42.7 Å². The van der Waals surface area contributed by atoms with Crippen molar-refractivity contribution in [3.63, 3.8) is 0 Å². The smallest absolute Gasteiger partial charge is 0.317 e. The SMILES string of the molecule is CC(=O)Nc1ccc(C(=O)COC(=O)C2(c3ccccc3)CCCC2)cc1. The summed E-state index contributed by atoms with van der Waals surface area (Å²) < 4.78 is 5.44. The van der Waals surface area contributed by atoms with E-state index in [1.54, 1.807) is 24.3 Å². The molecule has 0 atom stereocenters. The van der Waals surface area contributed by atoms with Crippen molar-refractivity contribution in [1.82, 2.24) is 0 Å². The van der Waals surface area contributed by atoms with Crippen molar-refractivity contribution >= 4 is 23.3 Å². The highest BCUT2D eigenvalue weighted by molar-refractivity contribution is 5.99. The molecule has 1 aliphatic rings. The Kier molecular flexibility index (Phi) is 5.69. The molecule has 0 aliphatic heterocycles. The number of nitrogens with one attached hydrogen (secondary N) is 1. The van der Waals surface area contributed by atoms with Gasteiger partial charge in [0.2, 0.25) is 5.91 Å². The zero-order valence-corrected chi connectivity index (χ0v) is 15.4. The van der Waals surface area contributed by atoms with Gasteiger partial charge < -0.3 is 10.1 Å². The summed E-state index contributed by atoms with van der Waals surface area (Å²) in [6.45, 7) is 1.14. The average Bonchev–Trinajstić information content (AvgIpc) is 3.18. The van der Waals surface area contributed by atoms with E-state index in [1.807, 2.05) is 30.3 Å². The Morgan fingerprint density at radius 2 is 1.59 bits per heavy atom. The quantitative estimate of drug-likeness (QED) is 0.623. The molecule has 0 bridgehead atoms. The zero-order valence-electron chi connectivity index (χ0n) is 15.4. The second kappa shape index (κ2) is 8.16. The lowest BCUT2D eigenvalue weighted by Crippen LogP contribution is -2.35. The zero-order chi connectivity index (χ0) is 19.3. The maximum Gasteiger partial charge on any atom is 0.317 e. The van der Waals surface area contributed by atoms with E-state index < -0.39 is 5.41 Å². The Labute approximate surface area is 158 Å². The molecule has 0 spiro atoms. The molecule has 0 unspecified atom stereocenters. The van der Waals surface area contributed by atoms with E-state index in [1.165, 1.54) is 6.92 Å². The van der Waals surface area contributed by atoms with Crippen LogP contribution in [0.25, 0.3) is 0 Å². The van der Waals surface area contributed by atoms with Crippen LogP contribution < -0.4 is 5.32 Å². The predicted octanol–water partition coefficient (Wildman–Crippen LogP) is 3.88. The summed E-state index contributed by atoms with van der Waals surface area (Å²) in [5, 5.41) is 2.65. The van der Waals surface area contributed by atoms with Gasteiger partial charge in [0.15, 0.2) is 12.4 Å². The highest BCUT2D eigenvalue weighted by Crippen LogP contribution is 2.42. The Morgan fingerprint density at radius 3 is 2.19 bits per heavy atom. The fourth-order valence-electron chi connectivity index (χ4n) is 3.64. The summed E-state index contributed by atoms with van der Waals surface area (Å²) in [5.74, 6) is -0.765. The number of benzene rings is 2. The van der Waals surface area contributed by atoms with Crippen LogP contribution in [-0.2, 0) is 19.7 Å². The number of rotatable bonds is 6. The van der Waals surface area contributed by atoms with Gasteiger partial charge in [-0.3, -0.25) is 14.4 Å². The second-order valence-corrected chi connectivity index (χ2v) is 6.91. The van der Waals surface area contributed by atoms with Crippen molar-refractivity contribution in [2.24, 2.45) is 0 Å². The molecular weight excluding hydrogens is 342 g/mol. The van der Waals surface area contributed by atoms with Crippen LogP contribution >= 0.6 is 0 Å². The topological polar surface area (TPSA) is 72.5 Å². The van der Waals surface area contributed by atoms with E-state index in [9.17, 15) is 14.4 Å². The first kappa shape index (κ1) is 18.8. The molecule has 1 amide bonds. The number of Topliss-reactive ketones (excluding diaryl/α,β-unsaturated/α-hetero) is 1. The highest BCUT2D eigenvalue weighted by atomic mass is 16.5. The molecule has 1 fully saturated rings. The van der Waals surface area contributed by atoms with Crippen molar-refractivity contribution in [1.29, 1.82) is 0 Å². The molecule has 1 aliphatic carbocycles.